The van der Waals surface area contributed by atoms with Gasteiger partial charge in [0.25, 0.3) is 0 Å². The maximum absolute atomic E-state index is 10.3. The first-order valence-electron chi connectivity index (χ1n) is 3.27. The topological polar surface area (TPSA) is 37.3 Å². The van der Waals surface area contributed by atoms with Gasteiger partial charge in [0.05, 0.1) is 6.16 Å². The molecule has 0 heterocycles. The number of carboxylic acids is 1. The van der Waals surface area contributed by atoms with Crippen LogP contribution >= 0.6 is 7.92 Å². The highest BCUT2D eigenvalue weighted by Gasteiger charge is 2.21. The van der Waals surface area contributed by atoms with Crippen molar-refractivity contribution in [3.8, 4) is 0 Å². The minimum atomic E-state index is -0.677. The van der Waals surface area contributed by atoms with E-state index in [1.54, 1.807) is 0 Å². The average molecular weight is 173 g/mol. The minimum absolute atomic E-state index is 0. The Morgan fingerprint density at radius 1 is 1.45 bits per heavy atom. The van der Waals surface area contributed by atoms with Crippen LogP contribution in [0.5, 0.6) is 0 Å². The van der Waals surface area contributed by atoms with E-state index in [-0.39, 0.29) is 21.5 Å². The van der Waals surface area contributed by atoms with Crippen molar-refractivity contribution in [2.24, 2.45) is 0 Å². The molecular weight excluding hydrogens is 158 g/mol. The molecule has 3 radical (unpaired) electrons. The van der Waals surface area contributed by atoms with Crippen molar-refractivity contribution >= 4 is 22.3 Å². The average Bonchev–Trinajstić information content (AvgIpc) is 1.60. The van der Waals surface area contributed by atoms with E-state index in [0.29, 0.717) is 6.16 Å². The molecule has 11 heavy (non-hydrogen) atoms. The summed E-state index contributed by atoms with van der Waals surface area (Å²) in [5.74, 6) is -0.677. The van der Waals surface area contributed by atoms with E-state index in [1.165, 1.54) is 0 Å². The first kappa shape index (κ1) is 13.5. The van der Waals surface area contributed by atoms with Crippen molar-refractivity contribution in [2.75, 3.05) is 12.8 Å². The lowest BCUT2D eigenvalue weighted by atomic mass is 10.3. The van der Waals surface area contributed by atoms with Crippen LogP contribution in [0.25, 0.3) is 0 Å². The lowest BCUT2D eigenvalue weighted by Crippen LogP contribution is -2.16. The van der Waals surface area contributed by atoms with Gasteiger partial charge >= 0.3 is 5.97 Å². The molecule has 0 aliphatic rings. The summed E-state index contributed by atoms with van der Waals surface area (Å²) in [5, 5.41) is 8.64. The minimum Gasteiger partial charge on any atom is -0.481 e. The van der Waals surface area contributed by atoms with Crippen LogP contribution in [0.2, 0.25) is 0 Å². The Kier molecular flexibility index (Phi) is 5.87. The second-order valence-electron chi connectivity index (χ2n) is 3.42. The summed E-state index contributed by atoms with van der Waals surface area (Å²) in [6, 6.07) is 0. The molecular formula is C7H15BO2P. The second kappa shape index (κ2) is 4.76. The predicted octanol–water partition coefficient (Wildman–Crippen LogP) is 1.60. The zero-order chi connectivity index (χ0) is 8.36. The van der Waals surface area contributed by atoms with E-state index >= 15 is 0 Å². The Balaban J connectivity index is 0. The predicted molar refractivity (Wildman–Crippen MR) is 50.9 cm³/mol. The normalized spacial score (nSPS) is 13.5. The number of aliphatic carboxylic acids is 1. The Bertz CT molecular complexity index is 131. The third kappa shape index (κ3) is 6.37. The van der Waals surface area contributed by atoms with Gasteiger partial charge in [0.2, 0.25) is 0 Å². The van der Waals surface area contributed by atoms with Gasteiger partial charge in [0.1, 0.15) is 0 Å². The fraction of sp³-hybridized carbons (Fsp3) is 0.857. The smallest absolute Gasteiger partial charge is 0.307 e. The summed E-state index contributed by atoms with van der Waals surface area (Å²) in [6.07, 6.45) is 0.332. The molecule has 0 aliphatic heterocycles. The van der Waals surface area contributed by atoms with Crippen molar-refractivity contribution in [3.05, 3.63) is 0 Å². The van der Waals surface area contributed by atoms with Crippen LogP contribution in [0.4, 0.5) is 0 Å². The van der Waals surface area contributed by atoms with Gasteiger partial charge in [-0.3, -0.25) is 4.79 Å². The number of hydrogen-bond donors (Lipinski definition) is 1. The van der Waals surface area contributed by atoms with Crippen LogP contribution in [0.1, 0.15) is 20.8 Å². The Morgan fingerprint density at radius 2 is 1.82 bits per heavy atom. The molecule has 0 fully saturated rings. The van der Waals surface area contributed by atoms with Crippen molar-refractivity contribution in [2.45, 2.75) is 25.9 Å². The molecule has 0 aliphatic carbocycles. The zero-order valence-corrected chi connectivity index (χ0v) is 8.48. The quantitative estimate of drug-likeness (QED) is 0.508. The van der Waals surface area contributed by atoms with Gasteiger partial charge in [-0.1, -0.05) is 28.7 Å². The largest absolute Gasteiger partial charge is 0.481 e. The van der Waals surface area contributed by atoms with Crippen LogP contribution in [0.15, 0.2) is 0 Å². The van der Waals surface area contributed by atoms with Crippen molar-refractivity contribution in [1.29, 1.82) is 0 Å². The van der Waals surface area contributed by atoms with Gasteiger partial charge in [-0.05, 0) is 11.8 Å². The lowest BCUT2D eigenvalue weighted by molar-refractivity contribution is -0.134. The Labute approximate surface area is 71.7 Å². The van der Waals surface area contributed by atoms with Crippen LogP contribution in [0, 0.1) is 0 Å². The van der Waals surface area contributed by atoms with Gasteiger partial charge in [0.15, 0.2) is 0 Å². The molecule has 0 rings (SSSR count). The highest BCUT2D eigenvalue weighted by Crippen LogP contribution is 2.45. The molecule has 0 aromatic heterocycles. The third-order valence-corrected chi connectivity index (χ3v) is 4.55. The van der Waals surface area contributed by atoms with Gasteiger partial charge in [0, 0.05) is 8.41 Å². The number of hydrogen-bond acceptors (Lipinski definition) is 1. The van der Waals surface area contributed by atoms with Crippen molar-refractivity contribution in [3.63, 3.8) is 0 Å². The summed E-state index contributed by atoms with van der Waals surface area (Å²) < 4.78 is 0. The second-order valence-corrected chi connectivity index (χ2v) is 6.47. The van der Waals surface area contributed by atoms with Crippen molar-refractivity contribution in [1.82, 2.24) is 0 Å². The number of rotatable bonds is 2. The number of carbonyl (C=O) groups is 1. The highest BCUT2D eigenvalue weighted by molar-refractivity contribution is 7.59. The molecule has 0 spiro atoms. The molecule has 1 N–H and O–H groups in total. The third-order valence-electron chi connectivity index (χ3n) is 1.52. The van der Waals surface area contributed by atoms with E-state index in [2.05, 4.69) is 20.8 Å². The van der Waals surface area contributed by atoms with Gasteiger partial charge in [-0.2, -0.15) is 0 Å². The molecule has 0 saturated carbocycles. The first-order valence-corrected chi connectivity index (χ1v) is 5.24. The zero-order valence-electron chi connectivity index (χ0n) is 7.59. The molecule has 0 amide bonds. The molecule has 0 bridgehead atoms. The maximum Gasteiger partial charge on any atom is 0.307 e. The van der Waals surface area contributed by atoms with Crippen LogP contribution < -0.4 is 0 Å². The van der Waals surface area contributed by atoms with Gasteiger partial charge in [-0.25, -0.2) is 0 Å². The Hall–Kier alpha value is -0.0351. The fourth-order valence-corrected chi connectivity index (χ4v) is 1.32. The van der Waals surface area contributed by atoms with E-state index < -0.39 is 5.97 Å². The van der Waals surface area contributed by atoms with E-state index in [4.69, 9.17) is 5.11 Å². The summed E-state index contributed by atoms with van der Waals surface area (Å²) in [5.41, 5.74) is 0. The molecule has 0 aromatic carbocycles. The van der Waals surface area contributed by atoms with Crippen LogP contribution in [-0.4, -0.2) is 37.5 Å². The summed E-state index contributed by atoms with van der Waals surface area (Å²) in [4.78, 5) is 10.3. The SMILES string of the molecule is C[P@@](CC(=O)O)C(C)(C)C.[B]. The van der Waals surface area contributed by atoms with E-state index in [0.717, 1.165) is 0 Å². The molecule has 4 heteroatoms. The molecule has 0 saturated heterocycles. The van der Waals surface area contributed by atoms with Crippen molar-refractivity contribution < 1.29 is 9.90 Å². The van der Waals surface area contributed by atoms with E-state index in [1.807, 2.05) is 6.66 Å². The standard InChI is InChI=1S/C7H15O2P.B/c1-7(2,3)10(4)5-6(8)9;/h5H2,1-4H3,(H,8,9);/t10-;/m0./s1. The summed E-state index contributed by atoms with van der Waals surface area (Å²) >= 11 is 0. The monoisotopic (exact) mass is 173 g/mol. The fourth-order valence-electron chi connectivity index (χ4n) is 0.440. The number of carboxylic acid groups (broad SMARTS) is 1. The molecule has 0 unspecified atom stereocenters. The van der Waals surface area contributed by atoms with Gasteiger partial charge in [-0.15, -0.1) is 0 Å². The molecule has 1 atom stereocenters. The van der Waals surface area contributed by atoms with Crippen LogP contribution in [0.3, 0.4) is 0 Å². The highest BCUT2D eigenvalue weighted by atomic mass is 31.1. The molecule has 63 valence electrons. The summed E-state index contributed by atoms with van der Waals surface area (Å²) in [6.45, 7) is 8.29. The maximum atomic E-state index is 10.3. The van der Waals surface area contributed by atoms with E-state index in [9.17, 15) is 4.79 Å². The summed E-state index contributed by atoms with van der Waals surface area (Å²) in [7, 11) is -0.361. The lowest BCUT2D eigenvalue weighted by Gasteiger charge is -2.26. The van der Waals surface area contributed by atoms with Crippen LogP contribution in [-0.2, 0) is 4.79 Å². The molecule has 0 aromatic rings. The van der Waals surface area contributed by atoms with Gasteiger partial charge < -0.3 is 5.11 Å². The Morgan fingerprint density at radius 3 is 1.91 bits per heavy atom. The first-order chi connectivity index (χ1) is 4.34. The molecule has 2 nitrogen and oxygen atoms in total.